The summed E-state index contributed by atoms with van der Waals surface area (Å²) >= 11 is 0. The highest BCUT2D eigenvalue weighted by molar-refractivity contribution is 6.00. The van der Waals surface area contributed by atoms with E-state index >= 15 is 0 Å². The van der Waals surface area contributed by atoms with Gasteiger partial charge in [-0.15, -0.1) is 0 Å². The molecule has 1 atom stereocenters. The van der Waals surface area contributed by atoms with Crippen molar-refractivity contribution in [1.82, 2.24) is 15.0 Å². The minimum atomic E-state index is -2.80. The fourth-order valence-corrected chi connectivity index (χ4v) is 4.26. The molecule has 2 N–H and O–H groups in total. The Morgan fingerprint density at radius 1 is 1.18 bits per heavy atom. The van der Waals surface area contributed by atoms with Crippen molar-refractivity contribution < 1.29 is 27.8 Å². The summed E-state index contributed by atoms with van der Waals surface area (Å²) in [5, 5.41) is 14.1. The normalized spacial score (nSPS) is 20.5. The zero-order valence-electron chi connectivity index (χ0n) is 17.9. The molecule has 0 unspecified atom stereocenters. The number of carbonyl (C=O) groups is 1. The molecule has 174 valence electrons. The lowest BCUT2D eigenvalue weighted by Crippen LogP contribution is -2.25. The number of ether oxygens (including phenoxy) is 1. The monoisotopic (exact) mass is 466 g/mol. The lowest BCUT2D eigenvalue weighted by atomic mass is 9.93. The first-order valence-electron chi connectivity index (χ1n) is 11.0. The molecule has 0 bridgehead atoms. The Morgan fingerprint density at radius 2 is 2.03 bits per heavy atom. The van der Waals surface area contributed by atoms with E-state index in [1.807, 2.05) is 0 Å². The Kier molecular flexibility index (Phi) is 4.82. The van der Waals surface area contributed by atoms with Gasteiger partial charge < -0.3 is 19.6 Å². The second-order valence-corrected chi connectivity index (χ2v) is 8.77. The zero-order valence-corrected chi connectivity index (χ0v) is 17.9. The Hall–Kier alpha value is -3.50. The van der Waals surface area contributed by atoms with Gasteiger partial charge in [0.25, 0.3) is 6.43 Å². The number of aromatic nitrogens is 3. The van der Waals surface area contributed by atoms with Gasteiger partial charge in [0.1, 0.15) is 22.6 Å². The van der Waals surface area contributed by atoms with Crippen molar-refractivity contribution in [2.45, 2.75) is 31.3 Å². The summed E-state index contributed by atoms with van der Waals surface area (Å²) in [5.41, 5.74) is 0.556. The number of nitrogens with zero attached hydrogens (tertiary/aromatic N) is 3. The second-order valence-electron chi connectivity index (χ2n) is 8.77. The van der Waals surface area contributed by atoms with Gasteiger partial charge in [0.05, 0.1) is 12.2 Å². The molecule has 0 spiro atoms. The molecule has 6 rings (SSSR count). The van der Waals surface area contributed by atoms with Crippen LogP contribution >= 0.6 is 0 Å². The quantitative estimate of drug-likeness (QED) is 0.450. The predicted octanol–water partition coefficient (Wildman–Crippen LogP) is 4.33. The van der Waals surface area contributed by atoms with E-state index in [0.29, 0.717) is 40.6 Å². The molecule has 4 heterocycles. The highest BCUT2D eigenvalue weighted by Gasteiger charge is 2.34. The Labute approximate surface area is 192 Å². The molecular formula is C24H20F2N4O4. The van der Waals surface area contributed by atoms with Crippen LogP contribution in [0, 0.1) is 5.92 Å². The molecule has 10 heteroatoms. The fourth-order valence-electron chi connectivity index (χ4n) is 4.26. The number of fused-ring (bicyclic) bond motifs is 2. The van der Waals surface area contributed by atoms with Crippen LogP contribution in [-0.2, 0) is 15.1 Å². The minimum Gasteiger partial charge on any atom is -0.436 e. The van der Waals surface area contributed by atoms with Crippen LogP contribution in [0.15, 0.2) is 41.1 Å². The van der Waals surface area contributed by atoms with Gasteiger partial charge in [-0.1, -0.05) is 6.07 Å². The van der Waals surface area contributed by atoms with Crippen molar-refractivity contribution in [2.75, 3.05) is 18.5 Å². The number of anilines is 1. The summed E-state index contributed by atoms with van der Waals surface area (Å²) in [6.45, 7) is 0.676. The van der Waals surface area contributed by atoms with Gasteiger partial charge in [0.2, 0.25) is 11.8 Å². The first kappa shape index (κ1) is 21.1. The van der Waals surface area contributed by atoms with E-state index in [1.54, 1.807) is 18.2 Å². The number of halogens is 2. The minimum absolute atomic E-state index is 0.0302. The highest BCUT2D eigenvalue weighted by atomic mass is 19.3. The number of nitrogens with one attached hydrogen (secondary N) is 1. The first-order chi connectivity index (χ1) is 16.4. The molecule has 2 fully saturated rings. The molecule has 1 amide bonds. The van der Waals surface area contributed by atoms with Crippen molar-refractivity contribution in [3.8, 4) is 11.5 Å². The van der Waals surface area contributed by atoms with E-state index in [2.05, 4.69) is 20.3 Å². The number of rotatable bonds is 5. The number of benzene rings is 1. The summed E-state index contributed by atoms with van der Waals surface area (Å²) in [5.74, 6) is 0.279. The summed E-state index contributed by atoms with van der Waals surface area (Å²) in [6, 6.07) is 6.75. The molecular weight excluding hydrogens is 446 g/mol. The average Bonchev–Trinajstić information content (AvgIpc) is 3.45. The van der Waals surface area contributed by atoms with Gasteiger partial charge in [-0.3, -0.25) is 9.78 Å². The van der Waals surface area contributed by atoms with Crippen molar-refractivity contribution in [1.29, 1.82) is 0 Å². The summed E-state index contributed by atoms with van der Waals surface area (Å²) in [4.78, 5) is 24.8. The lowest BCUT2D eigenvalue weighted by Gasteiger charge is -2.20. The molecule has 8 nitrogen and oxygen atoms in total. The predicted molar refractivity (Wildman–Crippen MR) is 118 cm³/mol. The van der Waals surface area contributed by atoms with Gasteiger partial charge in [0.15, 0.2) is 5.58 Å². The van der Waals surface area contributed by atoms with Gasteiger partial charge in [-0.05, 0) is 36.6 Å². The number of alkyl halides is 2. The third-order valence-electron chi connectivity index (χ3n) is 6.37. The smallest absolute Gasteiger partial charge is 0.281 e. The third kappa shape index (κ3) is 3.59. The highest BCUT2D eigenvalue weighted by Crippen LogP contribution is 2.37. The van der Waals surface area contributed by atoms with E-state index in [1.165, 1.54) is 18.5 Å². The van der Waals surface area contributed by atoms with Crippen LogP contribution in [0.3, 0.4) is 0 Å². The maximum Gasteiger partial charge on any atom is 0.281 e. The van der Waals surface area contributed by atoms with Crippen LogP contribution in [0.1, 0.15) is 36.9 Å². The van der Waals surface area contributed by atoms with Crippen LogP contribution < -0.4 is 5.32 Å². The van der Waals surface area contributed by atoms with Crippen LogP contribution in [0.25, 0.3) is 33.3 Å². The van der Waals surface area contributed by atoms with Crippen LogP contribution in [0.4, 0.5) is 14.6 Å². The first-order valence-corrected chi connectivity index (χ1v) is 11.0. The number of hydrogen-bond donors (Lipinski definition) is 2. The van der Waals surface area contributed by atoms with Crippen molar-refractivity contribution in [2.24, 2.45) is 5.92 Å². The van der Waals surface area contributed by atoms with Gasteiger partial charge in [0, 0.05) is 42.1 Å². The van der Waals surface area contributed by atoms with E-state index in [4.69, 9.17) is 9.15 Å². The lowest BCUT2D eigenvalue weighted by molar-refractivity contribution is -0.117. The number of amides is 1. The number of aliphatic hydroxyl groups is 1. The Bertz CT molecular complexity index is 1430. The zero-order chi connectivity index (χ0) is 23.4. The Balaban J connectivity index is 1.45. The van der Waals surface area contributed by atoms with Crippen molar-refractivity contribution in [3.63, 3.8) is 0 Å². The number of hydrogen-bond acceptors (Lipinski definition) is 7. The molecule has 1 saturated carbocycles. The van der Waals surface area contributed by atoms with E-state index in [9.17, 15) is 18.7 Å². The second kappa shape index (κ2) is 7.78. The molecule has 2 aliphatic rings. The topological polar surface area (TPSA) is 110 Å². The third-order valence-corrected chi connectivity index (χ3v) is 6.37. The molecule has 1 saturated heterocycles. The van der Waals surface area contributed by atoms with Crippen LogP contribution in [0.5, 0.6) is 0 Å². The molecule has 0 radical (unpaired) electrons. The Morgan fingerprint density at radius 3 is 2.76 bits per heavy atom. The SMILES string of the molecule is O=C(Nc1cc2c(-c3nc4cc([C@@]5(O)CCOC5)ccc4o3)cnc(C(F)F)c2cn1)C1CC1. The van der Waals surface area contributed by atoms with E-state index in [-0.39, 0.29) is 35.5 Å². The molecule has 3 aromatic heterocycles. The molecule has 1 aliphatic heterocycles. The van der Waals surface area contributed by atoms with Crippen molar-refractivity contribution in [3.05, 3.63) is 47.9 Å². The summed E-state index contributed by atoms with van der Waals surface area (Å²) in [7, 11) is 0. The van der Waals surface area contributed by atoms with Crippen molar-refractivity contribution >= 4 is 33.6 Å². The van der Waals surface area contributed by atoms with Gasteiger partial charge in [-0.2, -0.15) is 0 Å². The molecule has 1 aromatic carbocycles. The van der Waals surface area contributed by atoms with Gasteiger partial charge >= 0.3 is 0 Å². The maximum absolute atomic E-state index is 13.6. The van der Waals surface area contributed by atoms with Crippen LogP contribution in [0.2, 0.25) is 0 Å². The average molecular weight is 466 g/mol. The largest absolute Gasteiger partial charge is 0.436 e. The molecule has 34 heavy (non-hydrogen) atoms. The maximum atomic E-state index is 13.6. The fraction of sp³-hybridized carbons (Fsp3) is 0.333. The van der Waals surface area contributed by atoms with Crippen LogP contribution in [-0.4, -0.2) is 39.2 Å². The number of oxazole rings is 1. The summed E-state index contributed by atoms with van der Waals surface area (Å²) in [6.07, 6.45) is 1.92. The van der Waals surface area contributed by atoms with E-state index in [0.717, 1.165) is 12.8 Å². The number of carbonyl (C=O) groups excluding carboxylic acids is 1. The van der Waals surface area contributed by atoms with Gasteiger partial charge in [-0.25, -0.2) is 18.7 Å². The molecule has 4 aromatic rings. The standard InChI is InChI=1S/C24H20F2N4O4/c25-21(26)20-15-9-27-19(30-22(31)12-1-2-12)8-14(15)16(10-28-20)23-29-17-7-13(3-4-18(17)34-23)24(32)5-6-33-11-24/h3-4,7-10,12,21,32H,1-2,5-6,11H2,(H,27,30,31)/t24-/m1/s1. The van der Waals surface area contributed by atoms with E-state index < -0.39 is 17.7 Å². The number of pyridine rings is 2. The molecule has 1 aliphatic carbocycles. The summed E-state index contributed by atoms with van der Waals surface area (Å²) < 4.78 is 38.5.